The number of amides is 1. The normalized spacial score (nSPS) is 25.7. The van der Waals surface area contributed by atoms with Crippen LogP contribution in [0.5, 0.6) is 5.75 Å². The fourth-order valence-electron chi connectivity index (χ4n) is 3.04. The maximum Gasteiger partial charge on any atom is 0.244 e. The van der Waals surface area contributed by atoms with Crippen LogP contribution in [-0.2, 0) is 4.79 Å². The van der Waals surface area contributed by atoms with Gasteiger partial charge in [0.25, 0.3) is 0 Å². The lowest BCUT2D eigenvalue weighted by molar-refractivity contribution is -0.119. The first kappa shape index (κ1) is 13.2. The summed E-state index contributed by atoms with van der Waals surface area (Å²) in [5.74, 6) is 1.36. The highest BCUT2D eigenvalue weighted by molar-refractivity contribution is 5.94. The first-order chi connectivity index (χ1) is 10.8. The van der Waals surface area contributed by atoms with Gasteiger partial charge in [0.15, 0.2) is 0 Å². The number of nitrogens with one attached hydrogen (secondary N) is 3. The number of fused-ring (bicyclic) bond motifs is 3. The van der Waals surface area contributed by atoms with Crippen molar-refractivity contribution in [3.63, 3.8) is 0 Å². The lowest BCUT2D eigenvalue weighted by atomic mass is 9.87. The van der Waals surface area contributed by atoms with E-state index < -0.39 is 0 Å². The molecule has 1 aromatic heterocycles. The van der Waals surface area contributed by atoms with Crippen molar-refractivity contribution in [2.24, 2.45) is 5.92 Å². The second-order valence-electron chi connectivity index (χ2n) is 5.46. The number of rotatable bonds is 2. The number of hydrogen-bond donors (Lipinski definition) is 3. The van der Waals surface area contributed by atoms with Crippen molar-refractivity contribution in [1.82, 2.24) is 15.8 Å². The van der Waals surface area contributed by atoms with Crippen molar-refractivity contribution >= 4 is 11.7 Å². The molecule has 2 aliphatic heterocycles. The van der Waals surface area contributed by atoms with Gasteiger partial charge in [-0.15, -0.1) is 0 Å². The summed E-state index contributed by atoms with van der Waals surface area (Å²) in [5, 5.41) is 2.83. The topological polar surface area (TPSA) is 75.3 Å². The van der Waals surface area contributed by atoms with E-state index >= 15 is 0 Å². The maximum atomic E-state index is 12.5. The third-order valence-electron chi connectivity index (χ3n) is 4.13. The van der Waals surface area contributed by atoms with Crippen LogP contribution >= 0.6 is 0 Å². The fraction of sp³-hybridized carbons (Fsp3) is 0.250. The molecule has 3 N–H and O–H groups in total. The summed E-state index contributed by atoms with van der Waals surface area (Å²) in [5.41, 5.74) is 7.39. The van der Waals surface area contributed by atoms with E-state index in [2.05, 4.69) is 21.2 Å². The monoisotopic (exact) mass is 296 g/mol. The van der Waals surface area contributed by atoms with E-state index in [1.165, 1.54) is 0 Å². The molecule has 6 nitrogen and oxygen atoms in total. The number of nitrogens with zero attached hydrogens (tertiary/aromatic N) is 1. The number of hydrazine groups is 1. The molecule has 3 heterocycles. The largest absolute Gasteiger partial charge is 0.493 e. The summed E-state index contributed by atoms with van der Waals surface area (Å²) in [4.78, 5) is 16.6. The van der Waals surface area contributed by atoms with Crippen LogP contribution in [0.25, 0.3) is 0 Å². The minimum absolute atomic E-state index is 0.0404. The molecule has 0 bridgehead atoms. The van der Waals surface area contributed by atoms with Gasteiger partial charge in [-0.3, -0.25) is 4.79 Å². The Bertz CT molecular complexity index is 692. The van der Waals surface area contributed by atoms with E-state index in [0.29, 0.717) is 12.4 Å². The smallest absolute Gasteiger partial charge is 0.244 e. The molecule has 3 unspecified atom stereocenters. The number of hydrogen-bond acceptors (Lipinski definition) is 5. The van der Waals surface area contributed by atoms with Crippen LogP contribution in [0.15, 0.2) is 48.7 Å². The summed E-state index contributed by atoms with van der Waals surface area (Å²) in [6.07, 6.45) is 1.65. The van der Waals surface area contributed by atoms with Crippen LogP contribution in [0.2, 0.25) is 0 Å². The first-order valence-corrected chi connectivity index (χ1v) is 7.27. The zero-order valence-electron chi connectivity index (χ0n) is 11.8. The molecule has 4 rings (SSSR count). The predicted octanol–water partition coefficient (Wildman–Crippen LogP) is 1.25. The van der Waals surface area contributed by atoms with Crippen molar-refractivity contribution in [2.75, 3.05) is 11.9 Å². The summed E-state index contributed by atoms with van der Waals surface area (Å²) in [6, 6.07) is 13.0. The quantitative estimate of drug-likeness (QED) is 0.777. The van der Waals surface area contributed by atoms with Gasteiger partial charge >= 0.3 is 0 Å². The molecule has 1 amide bonds. The van der Waals surface area contributed by atoms with E-state index in [4.69, 9.17) is 4.74 Å². The first-order valence-electron chi connectivity index (χ1n) is 7.27. The zero-order valence-corrected chi connectivity index (χ0v) is 11.8. The molecule has 1 saturated heterocycles. The average Bonchev–Trinajstić information content (AvgIpc) is 3.00. The number of carbonyl (C=O) groups is 1. The van der Waals surface area contributed by atoms with Crippen molar-refractivity contribution in [3.8, 4) is 5.75 Å². The minimum Gasteiger partial charge on any atom is -0.493 e. The van der Waals surface area contributed by atoms with Gasteiger partial charge in [-0.25, -0.2) is 15.8 Å². The molecule has 2 aromatic rings. The fourth-order valence-corrected chi connectivity index (χ4v) is 3.04. The summed E-state index contributed by atoms with van der Waals surface area (Å²) in [6.45, 7) is 0.502. The van der Waals surface area contributed by atoms with Crippen LogP contribution < -0.4 is 20.9 Å². The number of ether oxygens (including phenoxy) is 1. The Balaban J connectivity index is 1.53. The molecule has 0 saturated carbocycles. The number of para-hydroxylation sites is 1. The van der Waals surface area contributed by atoms with Gasteiger partial charge in [0.1, 0.15) is 17.6 Å². The van der Waals surface area contributed by atoms with Crippen LogP contribution in [0.1, 0.15) is 11.6 Å². The van der Waals surface area contributed by atoms with Gasteiger partial charge in [-0.2, -0.15) is 0 Å². The molecule has 6 heteroatoms. The molecule has 0 spiro atoms. The Morgan fingerprint density at radius 1 is 1.18 bits per heavy atom. The third kappa shape index (κ3) is 2.22. The third-order valence-corrected chi connectivity index (χ3v) is 4.13. The van der Waals surface area contributed by atoms with Crippen LogP contribution in [0, 0.1) is 5.92 Å². The number of aromatic nitrogens is 1. The van der Waals surface area contributed by atoms with E-state index in [9.17, 15) is 4.79 Å². The Morgan fingerprint density at radius 2 is 2.05 bits per heavy atom. The van der Waals surface area contributed by atoms with Gasteiger partial charge in [-0.05, 0) is 18.2 Å². The molecular formula is C16H16N4O2. The van der Waals surface area contributed by atoms with Gasteiger partial charge < -0.3 is 10.1 Å². The number of benzene rings is 1. The molecule has 2 aliphatic rings. The Kier molecular flexibility index (Phi) is 3.25. The summed E-state index contributed by atoms with van der Waals surface area (Å²) >= 11 is 0. The maximum absolute atomic E-state index is 12.5. The van der Waals surface area contributed by atoms with E-state index in [1.807, 2.05) is 36.4 Å². The molecule has 3 atom stereocenters. The van der Waals surface area contributed by atoms with Gasteiger partial charge in [0.05, 0.1) is 12.6 Å². The van der Waals surface area contributed by atoms with Crippen LogP contribution in [0.3, 0.4) is 0 Å². The van der Waals surface area contributed by atoms with Gasteiger partial charge in [0, 0.05) is 17.7 Å². The lowest BCUT2D eigenvalue weighted by Crippen LogP contribution is -2.43. The molecule has 0 aliphatic carbocycles. The van der Waals surface area contributed by atoms with Gasteiger partial charge in [-0.1, -0.05) is 24.3 Å². The van der Waals surface area contributed by atoms with Crippen LogP contribution in [0.4, 0.5) is 5.82 Å². The summed E-state index contributed by atoms with van der Waals surface area (Å²) in [7, 11) is 0. The molecule has 22 heavy (non-hydrogen) atoms. The van der Waals surface area contributed by atoms with Crippen molar-refractivity contribution < 1.29 is 9.53 Å². The highest BCUT2D eigenvalue weighted by Crippen LogP contribution is 2.38. The summed E-state index contributed by atoms with van der Waals surface area (Å²) < 4.78 is 5.79. The van der Waals surface area contributed by atoms with Gasteiger partial charge in [0.2, 0.25) is 5.91 Å². The zero-order chi connectivity index (χ0) is 14.9. The number of anilines is 1. The predicted molar refractivity (Wildman–Crippen MR) is 81.1 cm³/mol. The second-order valence-corrected chi connectivity index (χ2v) is 5.46. The highest BCUT2D eigenvalue weighted by Gasteiger charge is 2.44. The van der Waals surface area contributed by atoms with E-state index in [-0.39, 0.29) is 23.9 Å². The molecule has 1 fully saturated rings. The molecular weight excluding hydrogens is 280 g/mol. The molecule has 1 aromatic carbocycles. The minimum atomic E-state index is -0.361. The van der Waals surface area contributed by atoms with Crippen molar-refractivity contribution in [3.05, 3.63) is 54.2 Å². The SMILES string of the molecule is O=C(Nc1ccccn1)C1NNC2c3ccccc3OCC12. The lowest BCUT2D eigenvalue weighted by Gasteiger charge is -2.29. The van der Waals surface area contributed by atoms with Crippen LogP contribution in [-0.4, -0.2) is 23.5 Å². The number of carbonyl (C=O) groups excluding carboxylic acids is 1. The Hall–Kier alpha value is -2.44. The second kappa shape index (κ2) is 5.40. The Morgan fingerprint density at radius 3 is 2.91 bits per heavy atom. The standard InChI is InChI=1S/C16H16N4O2/c21-16(18-13-7-3-4-8-17-13)15-11-9-22-12-6-2-1-5-10(12)14(11)19-20-15/h1-8,11,14-15,19-20H,9H2,(H,17,18,21). The number of pyridine rings is 1. The van der Waals surface area contributed by atoms with Crippen molar-refractivity contribution in [2.45, 2.75) is 12.1 Å². The van der Waals surface area contributed by atoms with Crippen molar-refractivity contribution in [1.29, 1.82) is 0 Å². The Labute approximate surface area is 127 Å². The molecule has 0 radical (unpaired) electrons. The highest BCUT2D eigenvalue weighted by atomic mass is 16.5. The van der Waals surface area contributed by atoms with E-state index in [0.717, 1.165) is 11.3 Å². The average molecular weight is 296 g/mol. The molecule has 112 valence electrons. The van der Waals surface area contributed by atoms with E-state index in [1.54, 1.807) is 12.3 Å².